The number of rotatable bonds is 4. The van der Waals surface area contributed by atoms with Crippen molar-refractivity contribution in [2.75, 3.05) is 0 Å². The molecule has 0 nitrogen and oxygen atoms in total. The van der Waals surface area contributed by atoms with Crippen LogP contribution >= 0.6 is 0 Å². The van der Waals surface area contributed by atoms with Crippen molar-refractivity contribution < 1.29 is 0 Å². The van der Waals surface area contributed by atoms with Crippen LogP contribution in [0.1, 0.15) is 0 Å². The summed E-state index contributed by atoms with van der Waals surface area (Å²) >= 11 is 0. The Bertz CT molecular complexity index is 157. The van der Waals surface area contributed by atoms with Gasteiger partial charge in [-0.2, -0.15) is 0 Å². The third-order valence-corrected chi connectivity index (χ3v) is 30.4. The third-order valence-electron chi connectivity index (χ3n) is 3.38. The topological polar surface area (TPSA) is 0 Å². The van der Waals surface area contributed by atoms with E-state index in [2.05, 4.69) is 58.9 Å². The molecule has 83 valence electrons. The molecule has 0 saturated carbocycles. The first-order chi connectivity index (χ1) is 6.08. The summed E-state index contributed by atoms with van der Waals surface area (Å²) in [5.41, 5.74) is 0. The van der Waals surface area contributed by atoms with Crippen LogP contribution in [0, 0.1) is 0 Å². The van der Waals surface area contributed by atoms with E-state index in [0.29, 0.717) is 0 Å². The molecule has 14 heavy (non-hydrogen) atoms. The molecule has 0 N–H and O–H groups in total. The molecule has 3 radical (unpaired) electrons. The van der Waals surface area contributed by atoms with Gasteiger partial charge in [-0.25, -0.2) is 0 Å². The highest BCUT2D eigenvalue weighted by Crippen LogP contribution is 2.45. The van der Waals surface area contributed by atoms with Crippen LogP contribution in [0.5, 0.6) is 0 Å². The predicted octanol–water partition coefficient (Wildman–Crippen LogP) is 3.95. The summed E-state index contributed by atoms with van der Waals surface area (Å²) in [6, 6.07) is 0. The molecule has 0 fully saturated rings. The zero-order valence-corrected chi connectivity index (χ0v) is 15.5. The maximum absolute atomic E-state index is 2.61. The van der Waals surface area contributed by atoms with Gasteiger partial charge in [0.05, 0.1) is 0 Å². The van der Waals surface area contributed by atoms with Crippen molar-refractivity contribution in [2.45, 2.75) is 62.8 Å². The Morgan fingerprint density at radius 1 is 0.643 bits per heavy atom. The monoisotopic (exact) mass is 259 g/mol. The van der Waals surface area contributed by atoms with Gasteiger partial charge in [-0.1, -0.05) is 62.8 Å². The van der Waals surface area contributed by atoms with Gasteiger partial charge in [0.25, 0.3) is 0 Å². The molecule has 0 spiro atoms. The van der Waals surface area contributed by atoms with Crippen LogP contribution in [0.3, 0.4) is 0 Å². The van der Waals surface area contributed by atoms with Crippen LogP contribution in [-0.2, 0) is 0 Å². The van der Waals surface area contributed by atoms with Gasteiger partial charge in [-0.3, -0.25) is 0 Å². The highest BCUT2D eigenvalue weighted by atomic mass is 28.5. The zero-order chi connectivity index (χ0) is 11.7. The van der Waals surface area contributed by atoms with Crippen molar-refractivity contribution in [1.29, 1.82) is 0 Å². The molecule has 0 aromatic rings. The molecule has 0 amide bonds. The summed E-state index contributed by atoms with van der Waals surface area (Å²) < 4.78 is 0.882. The van der Waals surface area contributed by atoms with Gasteiger partial charge >= 0.3 is 0 Å². The van der Waals surface area contributed by atoms with Crippen LogP contribution in [-0.4, -0.2) is 34.5 Å². The van der Waals surface area contributed by atoms with Gasteiger partial charge in [-0.05, 0) is 0 Å². The van der Waals surface area contributed by atoms with Crippen LogP contribution in [0.2, 0.25) is 62.8 Å². The Morgan fingerprint density at radius 3 is 0.857 bits per heavy atom. The Labute approximate surface area is 97.3 Å². The second kappa shape index (κ2) is 4.80. The molecular weight excluding hydrogens is 232 g/mol. The molecule has 4 heteroatoms. The standard InChI is InChI=1S/C10H27Si4/c1-11(2)10(12(3)4,13(5)6)14(7,8)9/h1-9H3. The third kappa shape index (κ3) is 2.33. The van der Waals surface area contributed by atoms with Crippen LogP contribution < -0.4 is 0 Å². The molecule has 0 unspecified atom stereocenters. The van der Waals surface area contributed by atoms with E-state index < -0.39 is 8.07 Å². The molecule has 0 atom stereocenters. The fourth-order valence-corrected chi connectivity index (χ4v) is 33.8. The van der Waals surface area contributed by atoms with Gasteiger partial charge in [0.15, 0.2) is 0 Å². The number of hydrogen-bond acceptors (Lipinski definition) is 0. The molecular formula is C10H27Si4. The van der Waals surface area contributed by atoms with Crippen molar-refractivity contribution in [3.63, 3.8) is 0 Å². The minimum Gasteiger partial charge on any atom is -0.0715 e. The minimum absolute atomic E-state index is 0.136. The summed E-state index contributed by atoms with van der Waals surface area (Å²) in [6.45, 7) is 23.2. The summed E-state index contributed by atoms with van der Waals surface area (Å²) in [6.07, 6.45) is 0. The minimum atomic E-state index is -0.990. The van der Waals surface area contributed by atoms with Crippen molar-refractivity contribution in [2.24, 2.45) is 0 Å². The van der Waals surface area contributed by atoms with E-state index in [1.165, 1.54) is 0 Å². The van der Waals surface area contributed by atoms with Crippen molar-refractivity contribution in [3.8, 4) is 0 Å². The maximum Gasteiger partial charge on any atom is 0.0419 e. The first-order valence-corrected chi connectivity index (χ1v) is 16.5. The second-order valence-electron chi connectivity index (χ2n) is 6.00. The molecule has 0 aromatic carbocycles. The first-order valence-electron chi connectivity index (χ1n) is 5.50. The molecule has 0 rings (SSSR count). The average molecular weight is 260 g/mol. The number of hydrogen-bond donors (Lipinski definition) is 0. The Kier molecular flexibility index (Phi) is 5.10. The van der Waals surface area contributed by atoms with Gasteiger partial charge in [0.1, 0.15) is 0 Å². The normalized spacial score (nSPS) is 14.6. The van der Waals surface area contributed by atoms with Gasteiger partial charge in [-0.15, -0.1) is 0 Å². The highest BCUT2D eigenvalue weighted by molar-refractivity contribution is 7.17. The lowest BCUT2D eigenvalue weighted by Crippen LogP contribution is -2.61. The highest BCUT2D eigenvalue weighted by Gasteiger charge is 2.51. The first kappa shape index (κ1) is 14.9. The average Bonchev–Trinajstić information content (AvgIpc) is 1.79. The molecule has 0 aliphatic heterocycles. The van der Waals surface area contributed by atoms with Crippen LogP contribution in [0.25, 0.3) is 0 Å². The lowest BCUT2D eigenvalue weighted by Gasteiger charge is -2.52. The molecule has 0 saturated heterocycles. The zero-order valence-electron chi connectivity index (χ0n) is 11.5. The van der Waals surface area contributed by atoms with Crippen LogP contribution in [0.15, 0.2) is 0 Å². The van der Waals surface area contributed by atoms with E-state index in [-0.39, 0.29) is 26.4 Å². The van der Waals surface area contributed by atoms with E-state index in [4.69, 9.17) is 0 Å². The van der Waals surface area contributed by atoms with E-state index in [0.717, 1.165) is 3.91 Å². The molecule has 0 aliphatic carbocycles. The maximum atomic E-state index is 2.61. The van der Waals surface area contributed by atoms with E-state index in [1.807, 2.05) is 0 Å². The SMILES string of the molecule is C[Si](C)C([Si](C)C)([Si](C)C)[Si](C)(C)C. The van der Waals surface area contributed by atoms with Crippen molar-refractivity contribution in [1.82, 2.24) is 0 Å². The fraction of sp³-hybridized carbons (Fsp3) is 1.00. The quantitative estimate of drug-likeness (QED) is 0.671. The molecule has 0 bridgehead atoms. The lowest BCUT2D eigenvalue weighted by molar-refractivity contribution is 1.29. The predicted molar refractivity (Wildman–Crippen MR) is 78.5 cm³/mol. The van der Waals surface area contributed by atoms with E-state index >= 15 is 0 Å². The van der Waals surface area contributed by atoms with Crippen molar-refractivity contribution >= 4 is 34.5 Å². The van der Waals surface area contributed by atoms with E-state index in [9.17, 15) is 0 Å². The van der Waals surface area contributed by atoms with Crippen molar-refractivity contribution in [3.05, 3.63) is 0 Å². The largest absolute Gasteiger partial charge is 0.0715 e. The van der Waals surface area contributed by atoms with Gasteiger partial charge in [0, 0.05) is 34.5 Å². The second-order valence-corrected chi connectivity index (χ2v) is 22.5. The molecule has 0 aliphatic rings. The summed E-state index contributed by atoms with van der Waals surface area (Å²) in [7, 11) is -1.40. The van der Waals surface area contributed by atoms with Gasteiger partial charge < -0.3 is 0 Å². The molecule has 0 aromatic heterocycles. The lowest BCUT2D eigenvalue weighted by atomic mass is 11.6. The summed E-state index contributed by atoms with van der Waals surface area (Å²) in [5.74, 6) is 0. The smallest absolute Gasteiger partial charge is 0.0419 e. The summed E-state index contributed by atoms with van der Waals surface area (Å²) in [5, 5.41) is 0. The van der Waals surface area contributed by atoms with Crippen LogP contribution in [0.4, 0.5) is 0 Å². The van der Waals surface area contributed by atoms with E-state index in [1.54, 1.807) is 0 Å². The Morgan fingerprint density at radius 2 is 0.857 bits per heavy atom. The Balaban J connectivity index is 5.40. The fourth-order valence-electron chi connectivity index (χ4n) is 3.75. The van der Waals surface area contributed by atoms with Gasteiger partial charge in [0.2, 0.25) is 0 Å². The Hall–Kier alpha value is 0.868. The molecule has 0 heterocycles. The summed E-state index contributed by atoms with van der Waals surface area (Å²) in [4.78, 5) is 0.